The topological polar surface area (TPSA) is 63.7 Å². The van der Waals surface area contributed by atoms with Gasteiger partial charge in [0.1, 0.15) is 6.09 Å². The van der Waals surface area contributed by atoms with Crippen molar-refractivity contribution in [2.45, 2.75) is 51.6 Å². The molecular weight excluding hydrogens is 328 g/mol. The molecule has 6 heteroatoms. The number of rotatable bonds is 4. The van der Waals surface area contributed by atoms with Crippen LogP contribution in [0, 0.1) is 0 Å². The van der Waals surface area contributed by atoms with Gasteiger partial charge in [-0.2, -0.15) is 0 Å². The van der Waals surface area contributed by atoms with Crippen LogP contribution in [0.3, 0.4) is 0 Å². The molecule has 0 N–H and O–H groups in total. The van der Waals surface area contributed by atoms with Crippen molar-refractivity contribution in [1.82, 2.24) is 9.80 Å². The Hall–Kier alpha value is -1.75. The monoisotopic (exact) mass is 351 g/mol. The van der Waals surface area contributed by atoms with Gasteiger partial charge in [0.2, 0.25) is 5.91 Å². The number of amides is 2. The second-order valence-electron chi connectivity index (χ2n) is 7.14. The average molecular weight is 352 g/mol. The summed E-state index contributed by atoms with van der Waals surface area (Å²) in [6, 6.07) is 6.39. The minimum Gasteiger partial charge on any atom is -0.530 e. The van der Waals surface area contributed by atoms with Gasteiger partial charge < -0.3 is 19.7 Å². The summed E-state index contributed by atoms with van der Waals surface area (Å²) in [4.78, 5) is 27.5. The van der Waals surface area contributed by atoms with Crippen LogP contribution in [0.4, 0.5) is 4.79 Å². The highest BCUT2D eigenvalue weighted by Crippen LogP contribution is 2.35. The van der Waals surface area contributed by atoms with Gasteiger partial charge in [0.25, 0.3) is 0 Å². The molecule has 1 heterocycles. The number of hydrogen-bond donors (Lipinski definition) is 0. The lowest BCUT2D eigenvalue weighted by Crippen LogP contribution is -2.54. The van der Waals surface area contributed by atoms with E-state index in [-0.39, 0.29) is 12.3 Å². The largest absolute Gasteiger partial charge is 0.530 e. The predicted octanol–water partition coefficient (Wildman–Crippen LogP) is 2.84. The van der Waals surface area contributed by atoms with Gasteiger partial charge in [-0.05, 0) is 45.2 Å². The van der Waals surface area contributed by atoms with Gasteiger partial charge in [0.15, 0.2) is 0 Å². The Balaban J connectivity index is 2.39. The number of carbonyl (C=O) groups is 2. The first-order valence-corrected chi connectivity index (χ1v) is 8.62. The molecule has 0 aromatic heterocycles. The fourth-order valence-corrected chi connectivity index (χ4v) is 3.48. The average Bonchev–Trinajstić information content (AvgIpc) is 2.99. The van der Waals surface area contributed by atoms with Crippen LogP contribution in [0.15, 0.2) is 24.3 Å². The van der Waals surface area contributed by atoms with Crippen LogP contribution < -0.4 is 5.11 Å². The molecule has 0 radical (unpaired) electrons. The molecule has 2 rings (SSSR count). The minimum absolute atomic E-state index is 0.0482. The first kappa shape index (κ1) is 18.6. The third-order valence-corrected chi connectivity index (χ3v) is 4.67. The van der Waals surface area contributed by atoms with Gasteiger partial charge in [0.05, 0.1) is 12.5 Å². The first-order chi connectivity index (χ1) is 11.2. The van der Waals surface area contributed by atoms with Gasteiger partial charge in [-0.1, -0.05) is 29.8 Å². The lowest BCUT2D eigenvalue weighted by molar-refractivity contribution is -0.274. The normalized spacial score (nSPS) is 16.1. The SMILES string of the molecule is CC(C)(C)N(C(=O)[O-])C(CC(=O)N1CCCC1)c1ccccc1Cl. The van der Waals surface area contributed by atoms with Crippen LogP contribution in [-0.4, -0.2) is 40.4 Å². The minimum atomic E-state index is -1.30. The molecule has 1 unspecified atom stereocenters. The highest BCUT2D eigenvalue weighted by molar-refractivity contribution is 6.31. The molecule has 24 heavy (non-hydrogen) atoms. The summed E-state index contributed by atoms with van der Waals surface area (Å²) >= 11 is 6.30. The zero-order chi connectivity index (χ0) is 17.9. The molecule has 5 nitrogen and oxygen atoms in total. The van der Waals surface area contributed by atoms with Crippen molar-refractivity contribution in [2.75, 3.05) is 13.1 Å². The number of carboxylic acid groups (broad SMARTS) is 1. The van der Waals surface area contributed by atoms with Crippen molar-refractivity contribution in [1.29, 1.82) is 0 Å². The van der Waals surface area contributed by atoms with Crippen LogP contribution in [0.25, 0.3) is 0 Å². The molecule has 0 spiro atoms. The zero-order valence-electron chi connectivity index (χ0n) is 14.4. The van der Waals surface area contributed by atoms with Crippen LogP contribution in [0.2, 0.25) is 5.02 Å². The van der Waals surface area contributed by atoms with Crippen molar-refractivity contribution in [2.24, 2.45) is 0 Å². The molecule has 1 aliphatic heterocycles. The van der Waals surface area contributed by atoms with E-state index in [1.165, 1.54) is 4.90 Å². The molecule has 1 aliphatic rings. The Morgan fingerprint density at radius 2 is 1.83 bits per heavy atom. The summed E-state index contributed by atoms with van der Waals surface area (Å²) in [6.45, 7) is 6.82. The molecule has 2 amide bonds. The molecule has 1 fully saturated rings. The maximum atomic E-state index is 12.6. The second-order valence-corrected chi connectivity index (χ2v) is 7.54. The van der Waals surface area contributed by atoms with Gasteiger partial charge in [-0.3, -0.25) is 4.79 Å². The summed E-state index contributed by atoms with van der Waals surface area (Å²) in [6.07, 6.45) is 0.745. The van der Waals surface area contributed by atoms with Crippen molar-refractivity contribution in [3.8, 4) is 0 Å². The van der Waals surface area contributed by atoms with Crippen LogP contribution in [0.1, 0.15) is 51.6 Å². The Morgan fingerprint density at radius 1 is 1.25 bits per heavy atom. The van der Waals surface area contributed by atoms with Crippen molar-refractivity contribution in [3.05, 3.63) is 34.9 Å². The highest BCUT2D eigenvalue weighted by atomic mass is 35.5. The van der Waals surface area contributed by atoms with Gasteiger partial charge >= 0.3 is 0 Å². The van der Waals surface area contributed by atoms with Crippen molar-refractivity contribution in [3.63, 3.8) is 0 Å². The third kappa shape index (κ3) is 4.20. The van der Waals surface area contributed by atoms with Gasteiger partial charge in [-0.15, -0.1) is 0 Å². The number of hydrogen-bond acceptors (Lipinski definition) is 3. The standard InChI is InChI=1S/C18H25ClN2O3/c1-18(2,3)21(17(23)24)15(13-8-4-5-9-14(13)19)12-16(22)20-10-6-7-11-20/h4-5,8-9,15H,6-7,10-12H2,1-3H3,(H,23,24)/p-1. The van der Waals surface area contributed by atoms with Crippen LogP contribution in [-0.2, 0) is 4.79 Å². The molecule has 1 aromatic carbocycles. The lowest BCUT2D eigenvalue weighted by Gasteiger charge is -2.44. The third-order valence-electron chi connectivity index (χ3n) is 4.32. The summed E-state index contributed by atoms with van der Waals surface area (Å²) < 4.78 is 0. The van der Waals surface area contributed by atoms with E-state index in [1.54, 1.807) is 49.9 Å². The molecule has 0 bridgehead atoms. The molecule has 132 valence electrons. The summed E-state index contributed by atoms with van der Waals surface area (Å²) in [5, 5.41) is 12.3. The van der Waals surface area contributed by atoms with E-state index in [0.717, 1.165) is 25.9 Å². The number of carbonyl (C=O) groups excluding carboxylic acids is 2. The molecule has 1 atom stereocenters. The van der Waals surface area contributed by atoms with Gasteiger partial charge in [0, 0.05) is 23.7 Å². The number of benzene rings is 1. The van der Waals surface area contributed by atoms with Crippen molar-refractivity contribution >= 4 is 23.6 Å². The fourth-order valence-electron chi connectivity index (χ4n) is 3.22. The lowest BCUT2D eigenvalue weighted by atomic mass is 9.95. The maximum absolute atomic E-state index is 12.6. The molecule has 1 aromatic rings. The van der Waals surface area contributed by atoms with E-state index >= 15 is 0 Å². The molecule has 1 saturated heterocycles. The van der Waals surface area contributed by atoms with E-state index in [0.29, 0.717) is 10.6 Å². The van der Waals surface area contributed by atoms with Gasteiger partial charge in [-0.25, -0.2) is 0 Å². The predicted molar refractivity (Wildman–Crippen MR) is 91.6 cm³/mol. The Bertz CT molecular complexity index is 607. The summed E-state index contributed by atoms with van der Waals surface area (Å²) in [7, 11) is 0. The summed E-state index contributed by atoms with van der Waals surface area (Å²) in [5.74, 6) is -0.0482. The van der Waals surface area contributed by atoms with E-state index in [1.807, 2.05) is 0 Å². The zero-order valence-corrected chi connectivity index (χ0v) is 15.2. The van der Waals surface area contributed by atoms with E-state index in [4.69, 9.17) is 11.6 Å². The van der Waals surface area contributed by atoms with E-state index in [2.05, 4.69) is 0 Å². The van der Waals surface area contributed by atoms with E-state index < -0.39 is 17.7 Å². The highest BCUT2D eigenvalue weighted by Gasteiger charge is 2.34. The molecular formula is C18H24ClN2O3-. The smallest absolute Gasteiger partial charge is 0.224 e. The van der Waals surface area contributed by atoms with Crippen molar-refractivity contribution < 1.29 is 14.7 Å². The molecule has 0 saturated carbocycles. The Morgan fingerprint density at radius 3 is 2.33 bits per heavy atom. The summed E-state index contributed by atoms with van der Waals surface area (Å²) in [5.41, 5.74) is -0.0839. The number of nitrogens with zero attached hydrogens (tertiary/aromatic N) is 2. The van der Waals surface area contributed by atoms with E-state index in [9.17, 15) is 14.7 Å². The Labute approximate surface area is 148 Å². The second kappa shape index (κ2) is 7.43. The first-order valence-electron chi connectivity index (χ1n) is 8.24. The molecule has 0 aliphatic carbocycles. The number of likely N-dealkylation sites (tertiary alicyclic amines) is 1. The Kier molecular flexibility index (Phi) is 5.75. The quantitative estimate of drug-likeness (QED) is 0.837. The fraction of sp³-hybridized carbons (Fsp3) is 0.556. The maximum Gasteiger partial charge on any atom is 0.224 e. The number of halogens is 1. The van der Waals surface area contributed by atoms with Crippen LogP contribution >= 0.6 is 11.6 Å². The van der Waals surface area contributed by atoms with Crippen LogP contribution in [0.5, 0.6) is 0 Å².